The minimum Gasteiger partial charge on any atom is -0.355 e. The number of Topliss-reactive ketones (excluding diaryl/α,β-unsaturated/α-hetero) is 1. The number of anilines is 1. The van der Waals surface area contributed by atoms with E-state index in [9.17, 15) is 14.4 Å². The summed E-state index contributed by atoms with van der Waals surface area (Å²) in [5.74, 6) is -2.95. The highest BCUT2D eigenvalue weighted by Crippen LogP contribution is 2.33. The van der Waals surface area contributed by atoms with E-state index >= 15 is 0 Å². The molecule has 10 heteroatoms. The molecule has 0 spiro atoms. The van der Waals surface area contributed by atoms with Gasteiger partial charge in [0.05, 0.1) is 20.3 Å². The van der Waals surface area contributed by atoms with Crippen molar-refractivity contribution in [3.8, 4) is 0 Å². The first-order chi connectivity index (χ1) is 14.8. The van der Waals surface area contributed by atoms with Crippen molar-refractivity contribution in [1.82, 2.24) is 10.3 Å². The van der Waals surface area contributed by atoms with Crippen molar-refractivity contribution in [2.24, 2.45) is 5.92 Å². The molecule has 1 N–H and O–H groups in total. The van der Waals surface area contributed by atoms with Crippen LogP contribution in [0.3, 0.4) is 0 Å². The Balaban J connectivity index is 1.35. The topological polar surface area (TPSA) is 79.4 Å². The van der Waals surface area contributed by atoms with Crippen molar-refractivity contribution in [3.63, 3.8) is 0 Å². The summed E-state index contributed by atoms with van der Waals surface area (Å²) in [6.45, 7) is 0.348. The molecule has 1 atom stereocenters. The van der Waals surface area contributed by atoms with Crippen LogP contribution in [0.2, 0.25) is 15.1 Å². The maximum atomic E-state index is 12.5. The van der Waals surface area contributed by atoms with Crippen LogP contribution in [0.15, 0.2) is 36.4 Å². The van der Waals surface area contributed by atoms with Gasteiger partial charge >= 0.3 is 0 Å². The minimum absolute atomic E-state index is 0.0240. The highest BCUT2D eigenvalue weighted by molar-refractivity contribution is 7.22. The van der Waals surface area contributed by atoms with Crippen LogP contribution in [0.4, 0.5) is 5.13 Å². The predicted molar refractivity (Wildman–Crippen MR) is 123 cm³/mol. The van der Waals surface area contributed by atoms with Gasteiger partial charge < -0.3 is 5.32 Å². The van der Waals surface area contributed by atoms with E-state index < -0.39 is 23.5 Å². The number of amides is 2. The van der Waals surface area contributed by atoms with Gasteiger partial charge in [-0.2, -0.15) is 0 Å². The largest absolute Gasteiger partial charge is 0.355 e. The highest BCUT2D eigenvalue weighted by atomic mass is 35.5. The van der Waals surface area contributed by atoms with Gasteiger partial charge in [-0.25, -0.2) is 4.98 Å². The Morgan fingerprint density at radius 2 is 1.94 bits per heavy atom. The third-order valence-electron chi connectivity index (χ3n) is 4.95. The van der Waals surface area contributed by atoms with Crippen LogP contribution < -0.4 is 10.2 Å². The summed E-state index contributed by atoms with van der Waals surface area (Å²) in [4.78, 5) is 43.0. The molecule has 1 unspecified atom stereocenters. The smallest absolute Gasteiger partial charge is 0.297 e. The summed E-state index contributed by atoms with van der Waals surface area (Å²) in [5, 5.41) is 4.66. The van der Waals surface area contributed by atoms with E-state index in [1.807, 2.05) is 6.07 Å². The van der Waals surface area contributed by atoms with Gasteiger partial charge in [0, 0.05) is 18.1 Å². The van der Waals surface area contributed by atoms with E-state index in [1.165, 1.54) is 16.2 Å². The number of carbonyl (C=O) groups is 3. The molecule has 1 aliphatic heterocycles. The summed E-state index contributed by atoms with van der Waals surface area (Å²) in [6, 6.07) is 10.6. The zero-order valence-electron chi connectivity index (χ0n) is 16.0. The number of aryl methyl sites for hydroxylation is 1. The molecule has 1 aromatic heterocycles. The van der Waals surface area contributed by atoms with Gasteiger partial charge in [0.2, 0.25) is 11.7 Å². The molecule has 1 fully saturated rings. The van der Waals surface area contributed by atoms with Crippen molar-refractivity contribution < 1.29 is 14.4 Å². The molecule has 1 saturated heterocycles. The summed E-state index contributed by atoms with van der Waals surface area (Å²) in [7, 11) is 0. The Labute approximate surface area is 197 Å². The average molecular weight is 497 g/mol. The highest BCUT2D eigenvalue weighted by Gasteiger charge is 2.44. The summed E-state index contributed by atoms with van der Waals surface area (Å²) in [6.07, 6.45) is 1.34. The fourth-order valence-corrected chi connectivity index (χ4v) is 4.89. The summed E-state index contributed by atoms with van der Waals surface area (Å²) < 4.78 is 0.804. The van der Waals surface area contributed by atoms with Crippen LogP contribution in [0, 0.1) is 5.92 Å². The Kier molecular flexibility index (Phi) is 6.48. The molecule has 2 amide bonds. The molecular weight excluding hydrogens is 481 g/mol. The van der Waals surface area contributed by atoms with E-state index in [0.29, 0.717) is 45.1 Å². The van der Waals surface area contributed by atoms with E-state index in [2.05, 4.69) is 10.3 Å². The number of fused-ring (bicyclic) bond motifs is 1. The maximum absolute atomic E-state index is 12.5. The molecule has 2 aromatic carbocycles. The molecule has 2 heterocycles. The van der Waals surface area contributed by atoms with Crippen molar-refractivity contribution >= 4 is 79.1 Å². The van der Waals surface area contributed by atoms with Crippen LogP contribution in [0.5, 0.6) is 0 Å². The molecule has 1 aliphatic rings. The molecule has 0 aliphatic carbocycles. The van der Waals surface area contributed by atoms with E-state index in [0.717, 1.165) is 10.3 Å². The lowest BCUT2D eigenvalue weighted by atomic mass is 10.1. The van der Waals surface area contributed by atoms with Gasteiger partial charge in [0.15, 0.2) is 5.13 Å². The number of ketones is 1. The SMILES string of the molecule is O=C(NCCCc1ccc(Cl)c(Cl)c1)C1CN(c2nc3ccc(Cl)cc3s2)C(=O)C1=O. The lowest BCUT2D eigenvalue weighted by molar-refractivity contribution is -0.139. The number of hydrogen-bond donors (Lipinski definition) is 1. The van der Waals surface area contributed by atoms with Crippen LogP contribution in [-0.4, -0.2) is 35.7 Å². The number of nitrogens with zero attached hydrogens (tertiary/aromatic N) is 2. The van der Waals surface area contributed by atoms with Gasteiger partial charge in [-0.1, -0.05) is 52.2 Å². The molecule has 0 saturated carbocycles. The van der Waals surface area contributed by atoms with Gasteiger partial charge in [0.25, 0.3) is 5.91 Å². The summed E-state index contributed by atoms with van der Waals surface area (Å²) in [5.41, 5.74) is 1.68. The van der Waals surface area contributed by atoms with Crippen molar-refractivity contribution in [1.29, 1.82) is 0 Å². The minimum atomic E-state index is -1.05. The van der Waals surface area contributed by atoms with E-state index in [1.54, 1.807) is 30.3 Å². The Morgan fingerprint density at radius 3 is 2.71 bits per heavy atom. The second-order valence-corrected chi connectivity index (χ2v) is 9.34. The monoisotopic (exact) mass is 495 g/mol. The fraction of sp³-hybridized carbons (Fsp3) is 0.238. The second-order valence-electron chi connectivity index (χ2n) is 7.08. The lowest BCUT2D eigenvalue weighted by Gasteiger charge is -2.12. The quantitative estimate of drug-likeness (QED) is 0.309. The first-order valence-electron chi connectivity index (χ1n) is 9.47. The van der Waals surface area contributed by atoms with Gasteiger partial charge in [-0.3, -0.25) is 19.3 Å². The number of benzene rings is 2. The molecule has 160 valence electrons. The Morgan fingerprint density at radius 1 is 1.13 bits per heavy atom. The third kappa shape index (κ3) is 4.70. The fourth-order valence-electron chi connectivity index (χ4n) is 3.32. The zero-order valence-corrected chi connectivity index (χ0v) is 19.1. The first-order valence-corrected chi connectivity index (χ1v) is 11.4. The van der Waals surface area contributed by atoms with E-state index in [-0.39, 0.29) is 6.54 Å². The molecule has 31 heavy (non-hydrogen) atoms. The maximum Gasteiger partial charge on any atom is 0.297 e. The first kappa shape index (κ1) is 22.0. The van der Waals surface area contributed by atoms with Crippen molar-refractivity contribution in [2.75, 3.05) is 18.0 Å². The molecule has 3 aromatic rings. The van der Waals surface area contributed by atoms with Gasteiger partial charge in [-0.15, -0.1) is 0 Å². The van der Waals surface area contributed by atoms with Crippen LogP contribution in [0.25, 0.3) is 10.2 Å². The number of rotatable bonds is 6. The normalized spacial score (nSPS) is 16.4. The van der Waals surface area contributed by atoms with Crippen LogP contribution >= 0.6 is 46.1 Å². The Hall–Kier alpha value is -2.19. The number of nitrogens with one attached hydrogen (secondary N) is 1. The second kappa shape index (κ2) is 9.12. The number of aromatic nitrogens is 1. The van der Waals surface area contributed by atoms with Crippen molar-refractivity contribution in [2.45, 2.75) is 12.8 Å². The standard InChI is InChI=1S/C21H16Cl3N3O3S/c22-12-4-6-16-17(9-12)31-21(26-16)27-10-13(18(28)20(27)30)19(29)25-7-1-2-11-3-5-14(23)15(24)8-11/h3-6,8-9,13H,1-2,7,10H2,(H,25,29). The number of hydrogen-bond acceptors (Lipinski definition) is 5. The number of halogens is 3. The molecule has 0 bridgehead atoms. The molecular formula is C21H16Cl3N3O3S. The predicted octanol–water partition coefficient (Wildman–Crippen LogP) is 4.54. The molecule has 4 rings (SSSR count). The average Bonchev–Trinajstić information content (AvgIpc) is 3.28. The van der Waals surface area contributed by atoms with Gasteiger partial charge in [0.1, 0.15) is 5.92 Å². The molecule has 6 nitrogen and oxygen atoms in total. The number of thiazole rings is 1. The number of carbonyl (C=O) groups excluding carboxylic acids is 3. The van der Waals surface area contributed by atoms with Crippen molar-refractivity contribution in [3.05, 3.63) is 57.0 Å². The van der Waals surface area contributed by atoms with E-state index in [4.69, 9.17) is 34.8 Å². The zero-order chi connectivity index (χ0) is 22.1. The Bertz CT molecular complexity index is 1200. The molecule has 0 radical (unpaired) electrons. The van der Waals surface area contributed by atoms with Gasteiger partial charge in [-0.05, 0) is 48.7 Å². The third-order valence-corrected chi connectivity index (χ3v) is 6.96. The lowest BCUT2D eigenvalue weighted by Crippen LogP contribution is -2.36. The summed E-state index contributed by atoms with van der Waals surface area (Å²) >= 11 is 19.2. The van der Waals surface area contributed by atoms with Crippen LogP contribution in [0.1, 0.15) is 12.0 Å². The van der Waals surface area contributed by atoms with Crippen LogP contribution in [-0.2, 0) is 20.8 Å².